The maximum Gasteiger partial charge on any atom is 0.326 e. The van der Waals surface area contributed by atoms with Crippen LogP contribution in [0.1, 0.15) is 130 Å². The molecule has 0 bridgehead atoms. The lowest BCUT2D eigenvalue weighted by molar-refractivity contribution is -0.149. The van der Waals surface area contributed by atoms with Gasteiger partial charge in [-0.1, -0.05) is 117 Å². The molecule has 4 N–H and O–H groups in total. The number of hydrogen-bond acceptors (Lipinski definition) is 5. The SMILES string of the molecule is CCCCCCCCCCCCCCCCCCN(C(=O)C[C@H](Nc1ccc2c(=O)[nH][nH]c2c1)C(=O)O)C(=O)C(C)C. The molecule has 0 aliphatic rings. The summed E-state index contributed by atoms with van der Waals surface area (Å²) in [6.07, 6.45) is 19.6. The topological polar surface area (TPSA) is 135 Å². The molecular formula is C33H54N4O5. The van der Waals surface area contributed by atoms with Crippen molar-refractivity contribution in [2.75, 3.05) is 11.9 Å². The van der Waals surface area contributed by atoms with Gasteiger partial charge in [0.25, 0.3) is 5.56 Å². The van der Waals surface area contributed by atoms with Gasteiger partial charge in [0.15, 0.2) is 0 Å². The molecular weight excluding hydrogens is 532 g/mol. The molecule has 0 unspecified atom stereocenters. The summed E-state index contributed by atoms with van der Waals surface area (Å²) in [5, 5.41) is 18.3. The van der Waals surface area contributed by atoms with Crippen LogP contribution in [0.15, 0.2) is 23.0 Å². The number of amides is 2. The Kier molecular flexibility index (Phi) is 16.6. The van der Waals surface area contributed by atoms with Crippen LogP contribution in [0.5, 0.6) is 0 Å². The van der Waals surface area contributed by atoms with Crippen LogP contribution >= 0.6 is 0 Å². The van der Waals surface area contributed by atoms with Crippen molar-refractivity contribution in [3.63, 3.8) is 0 Å². The van der Waals surface area contributed by atoms with Crippen molar-refractivity contribution in [2.24, 2.45) is 5.92 Å². The molecule has 1 atom stereocenters. The predicted octanol–water partition coefficient (Wildman–Crippen LogP) is 7.38. The first kappa shape index (κ1) is 35.1. The van der Waals surface area contributed by atoms with Crippen molar-refractivity contribution in [1.29, 1.82) is 0 Å². The molecule has 0 spiro atoms. The molecule has 0 aliphatic heterocycles. The number of aromatic nitrogens is 2. The second kappa shape index (κ2) is 19.9. The summed E-state index contributed by atoms with van der Waals surface area (Å²) >= 11 is 0. The van der Waals surface area contributed by atoms with E-state index in [1.54, 1.807) is 32.0 Å². The number of carboxylic acid groups (broad SMARTS) is 1. The molecule has 42 heavy (non-hydrogen) atoms. The number of H-pyrrole nitrogens is 2. The second-order valence-corrected chi connectivity index (χ2v) is 11.9. The first-order valence-electron chi connectivity index (χ1n) is 16.3. The zero-order valence-electron chi connectivity index (χ0n) is 26.1. The van der Waals surface area contributed by atoms with Crippen LogP contribution in [0.3, 0.4) is 0 Å². The van der Waals surface area contributed by atoms with Gasteiger partial charge in [0.05, 0.1) is 17.3 Å². The smallest absolute Gasteiger partial charge is 0.326 e. The van der Waals surface area contributed by atoms with Crippen molar-refractivity contribution in [3.05, 3.63) is 28.6 Å². The summed E-state index contributed by atoms with van der Waals surface area (Å²) in [6.45, 7) is 6.05. The Morgan fingerprint density at radius 3 is 1.83 bits per heavy atom. The number of aliphatic carboxylic acids is 1. The van der Waals surface area contributed by atoms with E-state index in [9.17, 15) is 24.3 Å². The third-order valence-electron chi connectivity index (χ3n) is 7.89. The Balaban J connectivity index is 1.69. The van der Waals surface area contributed by atoms with E-state index in [4.69, 9.17) is 0 Å². The number of carboxylic acids is 1. The Hall–Kier alpha value is -3.10. The van der Waals surface area contributed by atoms with Gasteiger partial charge < -0.3 is 10.4 Å². The van der Waals surface area contributed by atoms with Gasteiger partial charge in [0.1, 0.15) is 6.04 Å². The highest BCUT2D eigenvalue weighted by molar-refractivity contribution is 5.98. The molecule has 9 nitrogen and oxygen atoms in total. The molecule has 2 amide bonds. The predicted molar refractivity (Wildman–Crippen MR) is 170 cm³/mol. The first-order valence-corrected chi connectivity index (χ1v) is 16.3. The Morgan fingerprint density at radius 2 is 1.33 bits per heavy atom. The minimum Gasteiger partial charge on any atom is -0.480 e. The van der Waals surface area contributed by atoms with Crippen molar-refractivity contribution < 1.29 is 19.5 Å². The number of anilines is 1. The van der Waals surface area contributed by atoms with Crippen molar-refractivity contribution in [2.45, 2.75) is 136 Å². The fourth-order valence-corrected chi connectivity index (χ4v) is 5.30. The molecule has 9 heteroatoms. The lowest BCUT2D eigenvalue weighted by atomic mass is 10.0. The van der Waals surface area contributed by atoms with E-state index in [1.165, 1.54) is 81.9 Å². The Labute approximate surface area is 251 Å². The highest BCUT2D eigenvalue weighted by atomic mass is 16.4. The van der Waals surface area contributed by atoms with E-state index in [1.807, 2.05) is 0 Å². The van der Waals surface area contributed by atoms with Gasteiger partial charge >= 0.3 is 5.97 Å². The third kappa shape index (κ3) is 12.8. The molecule has 0 radical (unpaired) electrons. The molecule has 0 aliphatic carbocycles. The summed E-state index contributed by atoms with van der Waals surface area (Å²) in [5.41, 5.74) is 0.719. The third-order valence-corrected chi connectivity index (χ3v) is 7.89. The van der Waals surface area contributed by atoms with Gasteiger partial charge in [-0.05, 0) is 24.6 Å². The highest BCUT2D eigenvalue weighted by Crippen LogP contribution is 2.18. The van der Waals surface area contributed by atoms with Crippen molar-refractivity contribution in [1.82, 2.24) is 15.1 Å². The molecule has 2 aromatic rings. The molecule has 0 saturated heterocycles. The Bertz CT molecular complexity index is 1140. The number of imide groups is 1. The highest BCUT2D eigenvalue weighted by Gasteiger charge is 2.29. The molecule has 2 rings (SSSR count). The lowest BCUT2D eigenvalue weighted by Crippen LogP contribution is -2.44. The first-order chi connectivity index (χ1) is 20.2. The number of rotatable bonds is 23. The van der Waals surface area contributed by atoms with Gasteiger partial charge in [0, 0.05) is 18.2 Å². The number of hydrogen-bond donors (Lipinski definition) is 4. The molecule has 1 heterocycles. The fourth-order valence-electron chi connectivity index (χ4n) is 5.30. The number of carbonyl (C=O) groups excluding carboxylic acids is 2. The van der Waals surface area contributed by atoms with Gasteiger partial charge in [0.2, 0.25) is 11.8 Å². The molecule has 1 aromatic heterocycles. The minimum absolute atomic E-state index is 0.265. The van der Waals surface area contributed by atoms with E-state index in [0.29, 0.717) is 29.6 Å². The lowest BCUT2D eigenvalue weighted by Gasteiger charge is -2.25. The average molecular weight is 587 g/mol. The summed E-state index contributed by atoms with van der Waals surface area (Å²) in [6, 6.07) is 3.58. The number of nitrogens with one attached hydrogen (secondary N) is 3. The van der Waals surface area contributed by atoms with E-state index in [-0.39, 0.29) is 23.8 Å². The molecule has 0 saturated carbocycles. The average Bonchev–Trinajstić information content (AvgIpc) is 3.33. The van der Waals surface area contributed by atoms with Gasteiger partial charge in [-0.2, -0.15) is 0 Å². The van der Waals surface area contributed by atoms with Crippen LogP contribution in [0.4, 0.5) is 5.69 Å². The van der Waals surface area contributed by atoms with E-state index >= 15 is 0 Å². The monoisotopic (exact) mass is 586 g/mol. The normalized spacial score (nSPS) is 12.1. The molecule has 1 aromatic carbocycles. The minimum atomic E-state index is -1.21. The number of aromatic amines is 2. The second-order valence-electron chi connectivity index (χ2n) is 11.9. The van der Waals surface area contributed by atoms with Crippen molar-refractivity contribution in [3.8, 4) is 0 Å². The Morgan fingerprint density at radius 1 is 0.810 bits per heavy atom. The van der Waals surface area contributed by atoms with E-state index < -0.39 is 17.9 Å². The summed E-state index contributed by atoms with van der Waals surface area (Å²) in [5.74, 6) is -2.33. The zero-order chi connectivity index (χ0) is 30.7. The van der Waals surface area contributed by atoms with Crippen molar-refractivity contribution >= 4 is 34.4 Å². The number of carbonyl (C=O) groups is 3. The standard InChI is InChI=1S/C33H54N4O5/c1-4-5-6-7-8-9-10-11-12-13-14-15-16-17-18-19-22-37(32(40)25(2)3)30(38)24-29(33(41)42)34-26-20-21-27-28(23-26)35-36-31(27)39/h20-21,23,25,29,34H,4-19,22,24H2,1-3H3,(H,41,42)(H2,35,36,39)/t29-/m0/s1. The van der Waals surface area contributed by atoms with Crippen LogP contribution in [0, 0.1) is 5.92 Å². The van der Waals surface area contributed by atoms with Gasteiger partial charge in [-0.15, -0.1) is 0 Å². The van der Waals surface area contributed by atoms with Gasteiger partial charge in [-0.3, -0.25) is 29.5 Å². The number of fused-ring (bicyclic) bond motifs is 1. The van der Waals surface area contributed by atoms with Crippen LogP contribution in [0.2, 0.25) is 0 Å². The van der Waals surface area contributed by atoms with E-state index in [0.717, 1.165) is 19.3 Å². The number of nitrogens with zero attached hydrogens (tertiary/aromatic N) is 1. The number of unbranched alkanes of at least 4 members (excludes halogenated alkanes) is 15. The van der Waals surface area contributed by atoms with Crippen LogP contribution in [0.25, 0.3) is 10.9 Å². The number of benzene rings is 1. The van der Waals surface area contributed by atoms with Crippen LogP contribution < -0.4 is 10.9 Å². The quantitative estimate of drug-likeness (QED) is 0.100. The maximum absolute atomic E-state index is 13.2. The summed E-state index contributed by atoms with van der Waals surface area (Å²) in [7, 11) is 0. The van der Waals surface area contributed by atoms with Crippen LogP contribution in [-0.2, 0) is 14.4 Å². The zero-order valence-corrected chi connectivity index (χ0v) is 26.1. The fraction of sp³-hybridized carbons (Fsp3) is 0.697. The largest absolute Gasteiger partial charge is 0.480 e. The maximum atomic E-state index is 13.2. The summed E-state index contributed by atoms with van der Waals surface area (Å²) in [4.78, 5) is 50.9. The molecule has 0 fully saturated rings. The van der Waals surface area contributed by atoms with E-state index in [2.05, 4.69) is 22.4 Å². The van der Waals surface area contributed by atoms with Gasteiger partial charge in [-0.25, -0.2) is 4.79 Å². The summed E-state index contributed by atoms with van der Waals surface area (Å²) < 4.78 is 0. The molecule has 236 valence electrons. The van der Waals surface area contributed by atoms with Crippen LogP contribution in [-0.4, -0.2) is 50.6 Å².